The first-order valence-corrected chi connectivity index (χ1v) is 10.7. The van der Waals surface area contributed by atoms with Gasteiger partial charge in [-0.05, 0) is 57.7 Å². The number of aliphatic carboxylic acids is 2. The summed E-state index contributed by atoms with van der Waals surface area (Å²) in [6, 6.07) is -0.887. The maximum atomic E-state index is 11.5. The average molecular weight is 537 g/mol. The van der Waals surface area contributed by atoms with Crippen molar-refractivity contribution in [3.8, 4) is 0 Å². The third-order valence-electron chi connectivity index (χ3n) is 3.83. The first-order chi connectivity index (χ1) is 12.5. The summed E-state index contributed by atoms with van der Waals surface area (Å²) in [7, 11) is 0. The van der Waals surface area contributed by atoms with E-state index < -0.39 is 18.0 Å². The van der Waals surface area contributed by atoms with Gasteiger partial charge in [-0.1, -0.05) is 31.9 Å². The van der Waals surface area contributed by atoms with E-state index in [2.05, 4.69) is 37.2 Å². The van der Waals surface area contributed by atoms with E-state index in [1.54, 1.807) is 13.8 Å². The number of nitrogens with one attached hydrogen (secondary N) is 1. The number of rotatable bonds is 4. The predicted octanol–water partition coefficient (Wildman–Crippen LogP) is 2.20. The molecule has 1 amide bonds. The Labute approximate surface area is 180 Å². The summed E-state index contributed by atoms with van der Waals surface area (Å²) in [5, 5.41) is 19.7. The molecule has 2 rings (SSSR count). The second-order valence-corrected chi connectivity index (χ2v) is 9.17. The Hall–Kier alpha value is -0.710. The lowest BCUT2D eigenvalue weighted by Gasteiger charge is -2.22. The smallest absolute Gasteiger partial charge is 0.326 e. The second kappa shape index (κ2) is 13.5. The zero-order chi connectivity index (χ0) is 21.1. The molecule has 8 nitrogen and oxygen atoms in total. The molecule has 4 atom stereocenters. The normalized spacial score (nSPS) is 23.2. The van der Waals surface area contributed by atoms with Gasteiger partial charge in [-0.25, -0.2) is 4.79 Å². The summed E-state index contributed by atoms with van der Waals surface area (Å²) in [5.74, 6) is -1.76. The number of halogens is 3. The molecule has 2 fully saturated rings. The highest BCUT2D eigenvalue weighted by molar-refractivity contribution is 9.10. The van der Waals surface area contributed by atoms with Crippen LogP contribution < -0.4 is 5.32 Å². The van der Waals surface area contributed by atoms with E-state index in [-0.39, 0.29) is 26.8 Å². The van der Waals surface area contributed by atoms with E-state index in [4.69, 9.17) is 21.8 Å². The molecule has 0 aromatic carbocycles. The Kier molecular flexibility index (Phi) is 13.1. The minimum absolute atomic E-state index is 0.134. The number of hydrogen-bond acceptors (Lipinski definition) is 5. The maximum Gasteiger partial charge on any atom is 0.326 e. The van der Waals surface area contributed by atoms with Gasteiger partial charge < -0.3 is 20.4 Å². The van der Waals surface area contributed by atoms with Crippen molar-refractivity contribution >= 4 is 66.5 Å². The Morgan fingerprint density at radius 3 is 1.89 bits per heavy atom. The van der Waals surface area contributed by atoms with E-state index in [0.29, 0.717) is 13.0 Å². The Balaban J connectivity index is 0.000000413. The number of carboxylic acids is 2. The van der Waals surface area contributed by atoms with Crippen molar-refractivity contribution in [2.24, 2.45) is 0 Å². The van der Waals surface area contributed by atoms with E-state index in [0.717, 1.165) is 25.8 Å². The Morgan fingerprint density at radius 1 is 1.04 bits per heavy atom. The molecule has 0 bridgehead atoms. The van der Waals surface area contributed by atoms with Crippen LogP contribution in [0.3, 0.4) is 0 Å². The number of amides is 1. The molecule has 0 saturated carbocycles. The monoisotopic (exact) mass is 534 g/mol. The van der Waals surface area contributed by atoms with Crippen LogP contribution in [0.1, 0.15) is 39.5 Å². The van der Waals surface area contributed by atoms with Gasteiger partial charge in [0.05, 0.1) is 9.65 Å². The van der Waals surface area contributed by atoms with Crippen molar-refractivity contribution in [2.75, 3.05) is 13.1 Å². The summed E-state index contributed by atoms with van der Waals surface area (Å²) < 4.78 is 0. The number of hydrogen-bond donors (Lipinski definition) is 3. The SMILES string of the molecule is CC(Br)C(=O)Cl.CC(Br)C(=O)N1CCCC1C(=O)O.O=C(O)C1CCCN1. The van der Waals surface area contributed by atoms with Gasteiger partial charge in [0, 0.05) is 6.54 Å². The van der Waals surface area contributed by atoms with Crippen LogP contribution in [0.2, 0.25) is 0 Å². The summed E-state index contributed by atoms with van der Waals surface area (Å²) in [6.45, 7) is 4.80. The quantitative estimate of drug-likeness (QED) is 0.372. The van der Waals surface area contributed by atoms with E-state index in [1.165, 1.54) is 4.90 Å². The average Bonchev–Trinajstić information content (AvgIpc) is 3.26. The molecule has 11 heteroatoms. The largest absolute Gasteiger partial charge is 0.480 e. The standard InChI is InChI=1S/C8H12BrNO3.C5H9NO2.C3H4BrClO/c1-5(9)7(11)10-4-2-3-6(10)8(12)13;7-5(8)4-2-1-3-6-4;1-2(4)3(5)6/h5-6H,2-4H2,1H3,(H,12,13);4,6H,1-3H2,(H,7,8);2H,1H3. The number of carboxylic acid groups (broad SMARTS) is 2. The lowest BCUT2D eigenvalue weighted by Crippen LogP contribution is -2.43. The minimum atomic E-state index is -0.904. The van der Waals surface area contributed by atoms with Crippen LogP contribution in [0.25, 0.3) is 0 Å². The molecule has 0 aromatic rings. The highest BCUT2D eigenvalue weighted by Crippen LogP contribution is 2.19. The summed E-state index contributed by atoms with van der Waals surface area (Å²) in [5.41, 5.74) is 0. The molecular weight excluding hydrogens is 511 g/mol. The summed E-state index contributed by atoms with van der Waals surface area (Å²) in [6.07, 6.45) is 3.13. The lowest BCUT2D eigenvalue weighted by molar-refractivity contribution is -0.147. The fourth-order valence-electron chi connectivity index (χ4n) is 2.41. The van der Waals surface area contributed by atoms with Crippen molar-refractivity contribution in [3.63, 3.8) is 0 Å². The lowest BCUT2D eigenvalue weighted by atomic mass is 10.2. The summed E-state index contributed by atoms with van der Waals surface area (Å²) in [4.78, 5) is 43.1. The molecule has 156 valence electrons. The van der Waals surface area contributed by atoms with E-state index in [1.807, 2.05) is 0 Å². The van der Waals surface area contributed by atoms with Crippen molar-refractivity contribution in [2.45, 2.75) is 61.3 Å². The maximum absolute atomic E-state index is 11.5. The topological polar surface area (TPSA) is 124 Å². The van der Waals surface area contributed by atoms with E-state index >= 15 is 0 Å². The highest BCUT2D eigenvalue weighted by atomic mass is 79.9. The van der Waals surface area contributed by atoms with Crippen LogP contribution in [0.5, 0.6) is 0 Å². The van der Waals surface area contributed by atoms with Gasteiger partial charge in [0.25, 0.3) is 0 Å². The third-order valence-corrected chi connectivity index (χ3v) is 5.23. The number of carbonyl (C=O) groups excluding carboxylic acids is 2. The Morgan fingerprint density at radius 2 is 1.59 bits per heavy atom. The molecule has 2 heterocycles. The first-order valence-electron chi connectivity index (χ1n) is 8.46. The van der Waals surface area contributed by atoms with Crippen LogP contribution in [-0.2, 0) is 19.2 Å². The molecule has 0 aromatic heterocycles. The zero-order valence-electron chi connectivity index (χ0n) is 15.2. The number of likely N-dealkylation sites (tertiary alicyclic amines) is 1. The third kappa shape index (κ3) is 10.4. The minimum Gasteiger partial charge on any atom is -0.480 e. The van der Waals surface area contributed by atoms with Crippen LogP contribution in [0.15, 0.2) is 0 Å². The molecule has 2 aliphatic rings. The zero-order valence-corrected chi connectivity index (χ0v) is 19.1. The second-order valence-electron chi connectivity index (χ2n) is 6.05. The van der Waals surface area contributed by atoms with Gasteiger partial charge in [-0.3, -0.25) is 14.4 Å². The predicted molar refractivity (Wildman–Crippen MR) is 109 cm³/mol. The molecule has 4 unspecified atom stereocenters. The first kappa shape index (κ1) is 26.3. The molecule has 2 aliphatic heterocycles. The molecule has 0 radical (unpaired) electrons. The van der Waals surface area contributed by atoms with Crippen LogP contribution in [0.4, 0.5) is 0 Å². The van der Waals surface area contributed by atoms with Crippen molar-refractivity contribution in [3.05, 3.63) is 0 Å². The van der Waals surface area contributed by atoms with Crippen molar-refractivity contribution in [1.82, 2.24) is 10.2 Å². The molecule has 3 N–H and O–H groups in total. The number of carbonyl (C=O) groups is 4. The van der Waals surface area contributed by atoms with Gasteiger partial charge >= 0.3 is 11.9 Å². The van der Waals surface area contributed by atoms with Crippen molar-refractivity contribution in [1.29, 1.82) is 0 Å². The summed E-state index contributed by atoms with van der Waals surface area (Å²) >= 11 is 11.0. The van der Waals surface area contributed by atoms with Gasteiger partial charge in [-0.15, -0.1) is 0 Å². The number of nitrogens with zero attached hydrogens (tertiary/aromatic N) is 1. The molecule has 2 saturated heterocycles. The molecular formula is C16H25Br2ClN2O6. The molecule has 0 aliphatic carbocycles. The molecule has 27 heavy (non-hydrogen) atoms. The number of alkyl halides is 2. The van der Waals surface area contributed by atoms with Crippen molar-refractivity contribution < 1.29 is 29.4 Å². The van der Waals surface area contributed by atoms with Crippen LogP contribution in [-0.4, -0.2) is 73.0 Å². The fraction of sp³-hybridized carbons (Fsp3) is 0.750. The van der Waals surface area contributed by atoms with Crippen LogP contribution in [0, 0.1) is 0 Å². The fourth-order valence-corrected chi connectivity index (χ4v) is 2.67. The Bertz CT molecular complexity index is 527. The van der Waals surface area contributed by atoms with E-state index in [9.17, 15) is 19.2 Å². The van der Waals surface area contributed by atoms with Gasteiger partial charge in [0.2, 0.25) is 11.1 Å². The van der Waals surface area contributed by atoms with Crippen LogP contribution >= 0.6 is 43.5 Å². The van der Waals surface area contributed by atoms with Gasteiger partial charge in [-0.2, -0.15) is 0 Å². The highest BCUT2D eigenvalue weighted by Gasteiger charge is 2.35. The van der Waals surface area contributed by atoms with Gasteiger partial charge in [0.1, 0.15) is 12.1 Å². The molecule has 0 spiro atoms. The van der Waals surface area contributed by atoms with Gasteiger partial charge in [0.15, 0.2) is 0 Å².